The summed E-state index contributed by atoms with van der Waals surface area (Å²) in [6, 6.07) is 7.45. The van der Waals surface area contributed by atoms with Crippen LogP contribution in [-0.2, 0) is 0 Å². The molecule has 1 N–H and O–H groups in total. The molecule has 0 radical (unpaired) electrons. The molecule has 3 atom stereocenters. The Morgan fingerprint density at radius 1 is 1.29 bits per heavy atom. The molecule has 1 amide bonds. The van der Waals surface area contributed by atoms with Crippen molar-refractivity contribution in [3.63, 3.8) is 0 Å². The van der Waals surface area contributed by atoms with Crippen LogP contribution < -0.4 is 5.32 Å². The van der Waals surface area contributed by atoms with E-state index in [0.717, 1.165) is 13.0 Å². The fraction of sp³-hybridized carbons (Fsp3) is 0.571. The van der Waals surface area contributed by atoms with E-state index in [4.69, 9.17) is 0 Å². The van der Waals surface area contributed by atoms with Crippen LogP contribution in [0.5, 0.6) is 0 Å². The molecule has 1 aromatic carbocycles. The summed E-state index contributed by atoms with van der Waals surface area (Å²) in [5, 5.41) is 10.9. The third kappa shape index (κ3) is 4.76. The van der Waals surface area contributed by atoms with E-state index in [9.17, 15) is 9.18 Å². The Morgan fingerprint density at radius 3 is 2.71 bits per heavy atom. The SMILES string of the molecule is C[C@@H]1CCC[C@@H](C)N1CCCNC(=O)c1cn([C@H](C)c2ccccc2F)nn1. The summed E-state index contributed by atoms with van der Waals surface area (Å²) >= 11 is 0. The van der Waals surface area contributed by atoms with Crippen LogP contribution in [0.1, 0.15) is 68.5 Å². The van der Waals surface area contributed by atoms with Crippen molar-refractivity contribution in [1.82, 2.24) is 25.2 Å². The Morgan fingerprint density at radius 2 is 2.00 bits per heavy atom. The van der Waals surface area contributed by atoms with Crippen molar-refractivity contribution in [2.75, 3.05) is 13.1 Å². The summed E-state index contributed by atoms with van der Waals surface area (Å²) in [7, 11) is 0. The predicted octanol–water partition coefficient (Wildman–Crippen LogP) is 3.41. The fourth-order valence-electron chi connectivity index (χ4n) is 4.00. The Labute approximate surface area is 166 Å². The minimum atomic E-state index is -0.336. The third-order valence-electron chi connectivity index (χ3n) is 5.75. The number of carbonyl (C=O) groups excluding carboxylic acids is 1. The van der Waals surface area contributed by atoms with Crippen LogP contribution in [0.4, 0.5) is 4.39 Å². The predicted molar refractivity (Wildman–Crippen MR) is 107 cm³/mol. The monoisotopic (exact) mass is 387 g/mol. The van der Waals surface area contributed by atoms with Crippen molar-refractivity contribution >= 4 is 5.91 Å². The maximum absolute atomic E-state index is 14.0. The van der Waals surface area contributed by atoms with Gasteiger partial charge in [0.1, 0.15) is 5.82 Å². The molecule has 0 unspecified atom stereocenters. The van der Waals surface area contributed by atoms with Crippen LogP contribution in [0.15, 0.2) is 30.5 Å². The number of carbonyl (C=O) groups is 1. The first-order chi connectivity index (χ1) is 13.5. The molecule has 7 heteroatoms. The number of amides is 1. The zero-order valence-corrected chi connectivity index (χ0v) is 16.9. The summed E-state index contributed by atoms with van der Waals surface area (Å²) in [5.74, 6) is -0.538. The molecule has 1 aromatic heterocycles. The topological polar surface area (TPSA) is 63.1 Å². The minimum absolute atomic E-state index is 0.244. The van der Waals surface area contributed by atoms with Gasteiger partial charge in [0.2, 0.25) is 0 Å². The standard InChI is InChI=1S/C21H30FN5O/c1-15-8-6-9-16(2)26(15)13-7-12-23-21(28)20-14-27(25-24-20)17(3)18-10-4-5-11-19(18)22/h4-5,10-11,14-17H,6-9,12-13H2,1-3H3,(H,23,28)/t15-,16-,17-/m1/s1. The molecule has 0 aliphatic carbocycles. The maximum atomic E-state index is 14.0. The number of halogens is 1. The Balaban J connectivity index is 1.50. The van der Waals surface area contributed by atoms with Crippen LogP contribution in [0, 0.1) is 5.82 Å². The molecule has 0 spiro atoms. The highest BCUT2D eigenvalue weighted by Crippen LogP contribution is 2.22. The maximum Gasteiger partial charge on any atom is 0.273 e. The molecule has 152 valence electrons. The van der Waals surface area contributed by atoms with E-state index < -0.39 is 0 Å². The summed E-state index contributed by atoms with van der Waals surface area (Å²) in [4.78, 5) is 14.9. The molecular weight excluding hydrogens is 357 g/mol. The van der Waals surface area contributed by atoms with Crippen molar-refractivity contribution in [2.45, 2.75) is 64.6 Å². The van der Waals surface area contributed by atoms with Gasteiger partial charge < -0.3 is 5.32 Å². The molecule has 2 heterocycles. The van der Waals surface area contributed by atoms with E-state index in [1.165, 1.54) is 30.0 Å². The number of benzene rings is 1. The Kier molecular flexibility index (Phi) is 6.78. The zero-order chi connectivity index (χ0) is 20.1. The molecule has 6 nitrogen and oxygen atoms in total. The number of hydrogen-bond donors (Lipinski definition) is 1. The molecule has 1 saturated heterocycles. The van der Waals surface area contributed by atoms with E-state index in [0.29, 0.717) is 24.2 Å². The molecule has 0 saturated carbocycles. The second kappa shape index (κ2) is 9.28. The molecule has 3 rings (SSSR count). The summed E-state index contributed by atoms with van der Waals surface area (Å²) in [6.07, 6.45) is 6.28. The van der Waals surface area contributed by atoms with Crippen LogP contribution in [0.25, 0.3) is 0 Å². The van der Waals surface area contributed by atoms with Gasteiger partial charge in [-0.3, -0.25) is 9.69 Å². The lowest BCUT2D eigenvalue weighted by atomic mass is 9.97. The largest absolute Gasteiger partial charge is 0.351 e. The number of nitrogens with zero attached hydrogens (tertiary/aromatic N) is 4. The quantitative estimate of drug-likeness (QED) is 0.740. The number of hydrogen-bond acceptors (Lipinski definition) is 4. The second-order valence-corrected chi connectivity index (χ2v) is 7.76. The molecule has 28 heavy (non-hydrogen) atoms. The average Bonchev–Trinajstić information content (AvgIpc) is 3.17. The third-order valence-corrected chi connectivity index (χ3v) is 5.75. The van der Waals surface area contributed by atoms with Crippen molar-refractivity contribution < 1.29 is 9.18 Å². The van der Waals surface area contributed by atoms with Crippen LogP contribution in [-0.4, -0.2) is 51.0 Å². The zero-order valence-electron chi connectivity index (χ0n) is 16.9. The van der Waals surface area contributed by atoms with Crippen molar-refractivity contribution in [1.29, 1.82) is 0 Å². The number of piperidine rings is 1. The smallest absolute Gasteiger partial charge is 0.273 e. The molecule has 1 aliphatic rings. The molecule has 1 fully saturated rings. The summed E-state index contributed by atoms with van der Waals surface area (Å²) in [6.45, 7) is 7.98. The van der Waals surface area contributed by atoms with Crippen molar-refractivity contribution in [2.24, 2.45) is 0 Å². The van der Waals surface area contributed by atoms with E-state index in [2.05, 4.69) is 34.4 Å². The first kappa shape index (κ1) is 20.5. The summed E-state index contributed by atoms with van der Waals surface area (Å²) < 4.78 is 15.5. The van der Waals surface area contributed by atoms with Gasteiger partial charge in [-0.15, -0.1) is 5.10 Å². The number of likely N-dealkylation sites (tertiary alicyclic amines) is 1. The van der Waals surface area contributed by atoms with Crippen molar-refractivity contribution in [3.05, 3.63) is 47.5 Å². The lowest BCUT2D eigenvalue weighted by molar-refractivity contribution is 0.0921. The van der Waals surface area contributed by atoms with Crippen LogP contribution in [0.3, 0.4) is 0 Å². The number of nitrogens with one attached hydrogen (secondary N) is 1. The first-order valence-corrected chi connectivity index (χ1v) is 10.2. The Bertz CT molecular complexity index is 783. The first-order valence-electron chi connectivity index (χ1n) is 10.2. The van der Waals surface area contributed by atoms with E-state index in [1.54, 1.807) is 24.4 Å². The minimum Gasteiger partial charge on any atom is -0.351 e. The van der Waals surface area contributed by atoms with E-state index in [1.807, 2.05) is 6.92 Å². The molecule has 2 aromatic rings. The van der Waals surface area contributed by atoms with E-state index in [-0.39, 0.29) is 23.5 Å². The highest BCUT2D eigenvalue weighted by atomic mass is 19.1. The Hall–Kier alpha value is -2.28. The highest BCUT2D eigenvalue weighted by Gasteiger charge is 2.24. The van der Waals surface area contributed by atoms with Gasteiger partial charge >= 0.3 is 0 Å². The fourth-order valence-corrected chi connectivity index (χ4v) is 4.00. The lowest BCUT2D eigenvalue weighted by Gasteiger charge is -2.39. The van der Waals surface area contributed by atoms with Gasteiger partial charge in [0, 0.05) is 30.7 Å². The van der Waals surface area contributed by atoms with Gasteiger partial charge in [-0.2, -0.15) is 0 Å². The normalized spacial score (nSPS) is 21.4. The molecule has 1 aliphatic heterocycles. The summed E-state index contributed by atoms with van der Waals surface area (Å²) in [5.41, 5.74) is 0.770. The van der Waals surface area contributed by atoms with Gasteiger partial charge in [0.25, 0.3) is 5.91 Å². The van der Waals surface area contributed by atoms with Gasteiger partial charge in [0.15, 0.2) is 5.69 Å². The van der Waals surface area contributed by atoms with Crippen molar-refractivity contribution in [3.8, 4) is 0 Å². The van der Waals surface area contributed by atoms with E-state index >= 15 is 0 Å². The van der Waals surface area contributed by atoms with Crippen LogP contribution in [0.2, 0.25) is 0 Å². The number of rotatable bonds is 7. The van der Waals surface area contributed by atoms with Gasteiger partial charge in [-0.25, -0.2) is 9.07 Å². The van der Waals surface area contributed by atoms with Gasteiger partial charge in [0.05, 0.1) is 12.2 Å². The van der Waals surface area contributed by atoms with Crippen LogP contribution >= 0.6 is 0 Å². The van der Waals surface area contributed by atoms with Gasteiger partial charge in [-0.05, 0) is 46.1 Å². The highest BCUT2D eigenvalue weighted by molar-refractivity contribution is 5.91. The van der Waals surface area contributed by atoms with Gasteiger partial charge in [-0.1, -0.05) is 29.8 Å². The second-order valence-electron chi connectivity index (χ2n) is 7.76. The average molecular weight is 388 g/mol. The lowest BCUT2D eigenvalue weighted by Crippen LogP contribution is -2.44. The number of aromatic nitrogens is 3. The molecule has 0 bridgehead atoms. The molecular formula is C21H30FN5O.